The second-order valence-electron chi connectivity index (χ2n) is 3.75. The molecule has 2 unspecified atom stereocenters. The third kappa shape index (κ3) is 3.55. The Morgan fingerprint density at radius 3 is 2.75 bits per heavy atom. The fraction of sp³-hybridized carbons (Fsp3) is 1.00. The van der Waals surface area contributed by atoms with E-state index in [1.165, 1.54) is 19.3 Å². The number of nitrogens with one attached hydrogen (secondary N) is 1. The molecule has 0 spiro atoms. The van der Waals surface area contributed by atoms with E-state index >= 15 is 0 Å². The molecule has 12 heavy (non-hydrogen) atoms. The third-order valence-corrected chi connectivity index (χ3v) is 2.69. The first-order valence-electron chi connectivity index (χ1n) is 5.22. The lowest BCUT2D eigenvalue weighted by molar-refractivity contribution is 0.282. The summed E-state index contributed by atoms with van der Waals surface area (Å²) in [5.74, 6) is 0.961. The fourth-order valence-corrected chi connectivity index (χ4v) is 1.65. The van der Waals surface area contributed by atoms with Crippen LogP contribution in [0.5, 0.6) is 0 Å². The Bertz CT molecular complexity index is 116. The summed E-state index contributed by atoms with van der Waals surface area (Å²) in [4.78, 5) is 0. The largest absolute Gasteiger partial charge is 0.396 e. The van der Waals surface area contributed by atoms with E-state index in [0.717, 1.165) is 31.3 Å². The van der Waals surface area contributed by atoms with Gasteiger partial charge < -0.3 is 10.4 Å². The molecule has 1 rings (SSSR count). The lowest BCUT2D eigenvalue weighted by atomic mass is 10.2. The van der Waals surface area contributed by atoms with Crippen LogP contribution < -0.4 is 5.32 Å². The minimum Gasteiger partial charge on any atom is -0.396 e. The molecule has 0 aliphatic heterocycles. The van der Waals surface area contributed by atoms with Crippen LogP contribution in [0.2, 0.25) is 0 Å². The molecule has 0 aromatic carbocycles. The van der Waals surface area contributed by atoms with E-state index in [2.05, 4.69) is 12.2 Å². The molecule has 72 valence electrons. The van der Waals surface area contributed by atoms with Gasteiger partial charge >= 0.3 is 0 Å². The Hall–Kier alpha value is -0.0800. The number of rotatable bonds is 7. The van der Waals surface area contributed by atoms with E-state index in [9.17, 15) is 0 Å². The van der Waals surface area contributed by atoms with Gasteiger partial charge in [-0.15, -0.1) is 0 Å². The van der Waals surface area contributed by atoms with Crippen LogP contribution in [0.1, 0.15) is 39.0 Å². The molecule has 0 amide bonds. The summed E-state index contributed by atoms with van der Waals surface area (Å²) in [6.07, 6.45) is 6.05. The third-order valence-electron chi connectivity index (χ3n) is 2.69. The standard InChI is InChI=1S/C10H21NO/c1-2-9-8-10(9)11-6-4-3-5-7-12/h9-12H,2-8H2,1H3. The van der Waals surface area contributed by atoms with Crippen molar-refractivity contribution in [1.82, 2.24) is 5.32 Å². The zero-order valence-corrected chi connectivity index (χ0v) is 8.05. The Kier molecular flexibility index (Phi) is 4.62. The molecule has 2 heteroatoms. The molecule has 2 atom stereocenters. The SMILES string of the molecule is CCC1CC1NCCCCCO. The van der Waals surface area contributed by atoms with Gasteiger partial charge in [-0.1, -0.05) is 13.3 Å². The molecule has 2 N–H and O–H groups in total. The van der Waals surface area contributed by atoms with Crippen molar-refractivity contribution in [2.45, 2.75) is 45.1 Å². The second kappa shape index (κ2) is 5.55. The van der Waals surface area contributed by atoms with Crippen molar-refractivity contribution in [3.8, 4) is 0 Å². The average molecular weight is 171 g/mol. The van der Waals surface area contributed by atoms with Crippen molar-refractivity contribution in [2.75, 3.05) is 13.2 Å². The van der Waals surface area contributed by atoms with Gasteiger partial charge in [-0.25, -0.2) is 0 Å². The molecule has 1 aliphatic rings. The molecule has 2 nitrogen and oxygen atoms in total. The minimum absolute atomic E-state index is 0.348. The predicted octanol–water partition coefficient (Wildman–Crippen LogP) is 1.54. The zero-order chi connectivity index (χ0) is 8.81. The summed E-state index contributed by atoms with van der Waals surface area (Å²) in [6, 6.07) is 0.823. The van der Waals surface area contributed by atoms with Crippen LogP contribution in [-0.2, 0) is 0 Å². The van der Waals surface area contributed by atoms with Gasteiger partial charge in [0.2, 0.25) is 0 Å². The van der Waals surface area contributed by atoms with E-state index in [4.69, 9.17) is 5.11 Å². The number of hydrogen-bond acceptors (Lipinski definition) is 2. The zero-order valence-electron chi connectivity index (χ0n) is 8.05. The van der Waals surface area contributed by atoms with Crippen molar-refractivity contribution in [3.63, 3.8) is 0 Å². The molecule has 0 radical (unpaired) electrons. The number of hydrogen-bond donors (Lipinski definition) is 2. The first-order chi connectivity index (χ1) is 5.88. The van der Waals surface area contributed by atoms with Gasteiger partial charge in [-0.3, -0.25) is 0 Å². The first kappa shape index (κ1) is 10.0. The number of unbranched alkanes of at least 4 members (excludes halogenated alkanes) is 2. The smallest absolute Gasteiger partial charge is 0.0431 e. The summed E-state index contributed by atoms with van der Waals surface area (Å²) in [5.41, 5.74) is 0. The molecule has 1 fully saturated rings. The molecular weight excluding hydrogens is 150 g/mol. The van der Waals surface area contributed by atoms with Crippen molar-refractivity contribution in [3.05, 3.63) is 0 Å². The normalized spacial score (nSPS) is 27.5. The lowest BCUT2D eigenvalue weighted by Gasteiger charge is -2.02. The van der Waals surface area contributed by atoms with Crippen molar-refractivity contribution >= 4 is 0 Å². The number of aliphatic hydroxyl groups excluding tert-OH is 1. The molecule has 0 bridgehead atoms. The van der Waals surface area contributed by atoms with Crippen LogP contribution in [0.4, 0.5) is 0 Å². The fourth-order valence-electron chi connectivity index (χ4n) is 1.65. The Morgan fingerprint density at radius 2 is 2.17 bits per heavy atom. The van der Waals surface area contributed by atoms with Crippen molar-refractivity contribution < 1.29 is 5.11 Å². The van der Waals surface area contributed by atoms with Gasteiger partial charge in [-0.05, 0) is 38.1 Å². The average Bonchev–Trinajstić information content (AvgIpc) is 2.83. The van der Waals surface area contributed by atoms with E-state index in [-0.39, 0.29) is 0 Å². The maximum atomic E-state index is 8.55. The monoisotopic (exact) mass is 171 g/mol. The van der Waals surface area contributed by atoms with E-state index in [1.54, 1.807) is 0 Å². The summed E-state index contributed by atoms with van der Waals surface area (Å²) in [5, 5.41) is 12.1. The second-order valence-corrected chi connectivity index (χ2v) is 3.75. The molecular formula is C10H21NO. The quantitative estimate of drug-likeness (QED) is 0.569. The molecule has 0 saturated heterocycles. The van der Waals surface area contributed by atoms with Gasteiger partial charge in [0, 0.05) is 12.6 Å². The molecule has 0 heterocycles. The highest BCUT2D eigenvalue weighted by Gasteiger charge is 2.34. The van der Waals surface area contributed by atoms with Gasteiger partial charge in [0.05, 0.1) is 0 Å². The van der Waals surface area contributed by atoms with Gasteiger partial charge in [0.1, 0.15) is 0 Å². The van der Waals surface area contributed by atoms with Crippen LogP contribution in [0.15, 0.2) is 0 Å². The van der Waals surface area contributed by atoms with Crippen molar-refractivity contribution in [2.24, 2.45) is 5.92 Å². The van der Waals surface area contributed by atoms with E-state index < -0.39 is 0 Å². The van der Waals surface area contributed by atoms with E-state index in [0.29, 0.717) is 6.61 Å². The maximum absolute atomic E-state index is 8.55. The number of aliphatic hydroxyl groups is 1. The predicted molar refractivity (Wildman–Crippen MR) is 51.1 cm³/mol. The van der Waals surface area contributed by atoms with Gasteiger partial charge in [-0.2, -0.15) is 0 Å². The van der Waals surface area contributed by atoms with Crippen LogP contribution in [0.25, 0.3) is 0 Å². The first-order valence-corrected chi connectivity index (χ1v) is 5.22. The molecule has 0 aromatic rings. The van der Waals surface area contributed by atoms with E-state index in [1.807, 2.05) is 0 Å². The molecule has 0 aromatic heterocycles. The summed E-state index contributed by atoms with van der Waals surface area (Å²) in [6.45, 7) is 3.75. The van der Waals surface area contributed by atoms with Crippen LogP contribution in [0.3, 0.4) is 0 Å². The van der Waals surface area contributed by atoms with Gasteiger partial charge in [0.15, 0.2) is 0 Å². The van der Waals surface area contributed by atoms with Gasteiger partial charge in [0.25, 0.3) is 0 Å². The highest BCUT2D eigenvalue weighted by Crippen LogP contribution is 2.32. The highest BCUT2D eigenvalue weighted by atomic mass is 16.2. The summed E-state index contributed by atoms with van der Waals surface area (Å²) >= 11 is 0. The highest BCUT2D eigenvalue weighted by molar-refractivity contribution is 4.91. The summed E-state index contributed by atoms with van der Waals surface area (Å²) in [7, 11) is 0. The van der Waals surface area contributed by atoms with Crippen molar-refractivity contribution in [1.29, 1.82) is 0 Å². The topological polar surface area (TPSA) is 32.3 Å². The Labute approximate surface area is 75.4 Å². The lowest BCUT2D eigenvalue weighted by Crippen LogP contribution is -2.19. The molecule has 1 saturated carbocycles. The van der Waals surface area contributed by atoms with Crippen LogP contribution in [-0.4, -0.2) is 24.3 Å². The summed E-state index contributed by atoms with van der Waals surface area (Å²) < 4.78 is 0. The Balaban J connectivity index is 1.78. The Morgan fingerprint density at radius 1 is 1.33 bits per heavy atom. The van der Waals surface area contributed by atoms with Crippen LogP contribution >= 0.6 is 0 Å². The maximum Gasteiger partial charge on any atom is 0.0431 e. The van der Waals surface area contributed by atoms with Crippen LogP contribution in [0, 0.1) is 5.92 Å². The molecule has 1 aliphatic carbocycles. The minimum atomic E-state index is 0.348.